The Bertz CT molecular complexity index is 1060. The molecule has 7 nitrogen and oxygen atoms in total. The van der Waals surface area contributed by atoms with E-state index in [0.29, 0.717) is 17.9 Å². The van der Waals surface area contributed by atoms with Gasteiger partial charge in [-0.15, -0.1) is 0 Å². The summed E-state index contributed by atoms with van der Waals surface area (Å²) >= 11 is 0. The molecule has 1 N–H and O–H groups in total. The summed E-state index contributed by atoms with van der Waals surface area (Å²) in [6, 6.07) is 13.4. The van der Waals surface area contributed by atoms with Crippen molar-refractivity contribution >= 4 is 17.3 Å². The van der Waals surface area contributed by atoms with E-state index in [2.05, 4.69) is 39.5 Å². The maximum atomic E-state index is 12.7. The van der Waals surface area contributed by atoms with Gasteiger partial charge in [0.25, 0.3) is 5.91 Å². The Hall–Kier alpha value is -3.32. The molecule has 1 aliphatic heterocycles. The summed E-state index contributed by atoms with van der Waals surface area (Å²) in [7, 11) is 2.15. The molecule has 7 heteroatoms. The number of nitrogens with one attached hydrogen (secondary N) is 1. The minimum absolute atomic E-state index is 0.141. The molecular weight excluding hydrogens is 404 g/mol. The first kappa shape index (κ1) is 21.9. The monoisotopic (exact) mass is 434 g/mol. The minimum atomic E-state index is -0.141. The van der Waals surface area contributed by atoms with Gasteiger partial charge in [-0.3, -0.25) is 4.79 Å². The molecule has 1 fully saturated rings. The average molecular weight is 435 g/mol. The number of carbonyl (C=O) groups is 1. The predicted octanol–water partition coefficient (Wildman–Crippen LogP) is 4.18. The topological polar surface area (TPSA) is 70.8 Å². The van der Waals surface area contributed by atoms with Crippen molar-refractivity contribution in [1.29, 1.82) is 0 Å². The molecule has 1 amide bonds. The third-order valence-electron chi connectivity index (χ3n) is 6.01. The number of anilines is 2. The zero-order valence-corrected chi connectivity index (χ0v) is 19.1. The van der Waals surface area contributed by atoms with Gasteiger partial charge in [0.05, 0.1) is 11.3 Å². The summed E-state index contributed by atoms with van der Waals surface area (Å²) in [6.07, 6.45) is 0. The second kappa shape index (κ2) is 9.44. The lowest BCUT2D eigenvalue weighted by Crippen LogP contribution is -2.44. The van der Waals surface area contributed by atoms with Crippen molar-refractivity contribution in [2.24, 2.45) is 0 Å². The van der Waals surface area contributed by atoms with Gasteiger partial charge >= 0.3 is 0 Å². The van der Waals surface area contributed by atoms with E-state index in [-0.39, 0.29) is 5.91 Å². The molecule has 0 bridgehead atoms. The SMILES string of the molecule is Cc1cc(N2CCN(C)CC2)ccc1NC(=O)c1ccc(OCc2c(C)noc2C)cc1. The number of hydrogen-bond donors (Lipinski definition) is 1. The summed E-state index contributed by atoms with van der Waals surface area (Å²) < 4.78 is 11.0. The van der Waals surface area contributed by atoms with Crippen molar-refractivity contribution < 1.29 is 14.1 Å². The van der Waals surface area contributed by atoms with Gasteiger partial charge in [0, 0.05) is 43.1 Å². The van der Waals surface area contributed by atoms with Crippen LogP contribution in [0.3, 0.4) is 0 Å². The van der Waals surface area contributed by atoms with Gasteiger partial charge in [-0.2, -0.15) is 0 Å². The first-order valence-electron chi connectivity index (χ1n) is 10.9. The molecule has 0 radical (unpaired) electrons. The predicted molar refractivity (Wildman–Crippen MR) is 126 cm³/mol. The van der Waals surface area contributed by atoms with E-state index in [1.54, 1.807) is 24.3 Å². The highest BCUT2D eigenvalue weighted by Crippen LogP contribution is 2.25. The number of likely N-dealkylation sites (N-methyl/N-ethyl adjacent to an activating group) is 1. The zero-order valence-electron chi connectivity index (χ0n) is 19.1. The van der Waals surface area contributed by atoms with Crippen molar-refractivity contribution in [3.63, 3.8) is 0 Å². The Morgan fingerprint density at radius 2 is 1.78 bits per heavy atom. The van der Waals surface area contributed by atoms with Crippen LogP contribution in [0.4, 0.5) is 11.4 Å². The second-order valence-corrected chi connectivity index (χ2v) is 8.36. The summed E-state index contributed by atoms with van der Waals surface area (Å²) in [5, 5.41) is 6.96. The molecule has 1 aliphatic rings. The number of aryl methyl sites for hydroxylation is 3. The molecule has 2 heterocycles. The number of nitrogens with zero attached hydrogens (tertiary/aromatic N) is 3. The normalized spacial score (nSPS) is 14.4. The van der Waals surface area contributed by atoms with Gasteiger partial charge in [-0.05, 0) is 75.8 Å². The fourth-order valence-corrected chi connectivity index (χ4v) is 3.81. The molecule has 3 aromatic rings. The number of aromatic nitrogens is 1. The van der Waals surface area contributed by atoms with Crippen LogP contribution in [0.25, 0.3) is 0 Å². The lowest BCUT2D eigenvalue weighted by molar-refractivity contribution is 0.102. The number of hydrogen-bond acceptors (Lipinski definition) is 6. The average Bonchev–Trinajstić information content (AvgIpc) is 3.11. The Balaban J connectivity index is 1.36. The maximum Gasteiger partial charge on any atom is 0.255 e. The fraction of sp³-hybridized carbons (Fsp3) is 0.360. The molecule has 1 aromatic heterocycles. The van der Waals surface area contributed by atoms with Crippen LogP contribution in [0.15, 0.2) is 47.0 Å². The number of benzene rings is 2. The largest absolute Gasteiger partial charge is 0.489 e. The molecule has 4 rings (SSSR count). The van der Waals surface area contributed by atoms with Gasteiger partial charge in [-0.25, -0.2) is 0 Å². The van der Waals surface area contributed by atoms with Crippen LogP contribution < -0.4 is 15.0 Å². The van der Waals surface area contributed by atoms with E-state index in [0.717, 1.165) is 54.4 Å². The molecule has 0 saturated carbocycles. The lowest BCUT2D eigenvalue weighted by Gasteiger charge is -2.34. The van der Waals surface area contributed by atoms with E-state index >= 15 is 0 Å². The van der Waals surface area contributed by atoms with E-state index in [9.17, 15) is 4.79 Å². The molecule has 2 aromatic carbocycles. The van der Waals surface area contributed by atoms with Crippen molar-refractivity contribution in [2.75, 3.05) is 43.4 Å². The van der Waals surface area contributed by atoms with Crippen LogP contribution in [0.5, 0.6) is 5.75 Å². The van der Waals surface area contributed by atoms with Crippen LogP contribution in [-0.4, -0.2) is 49.2 Å². The molecule has 32 heavy (non-hydrogen) atoms. The molecule has 0 atom stereocenters. The van der Waals surface area contributed by atoms with Crippen LogP contribution >= 0.6 is 0 Å². The van der Waals surface area contributed by atoms with E-state index in [4.69, 9.17) is 9.26 Å². The summed E-state index contributed by atoms with van der Waals surface area (Å²) in [4.78, 5) is 17.5. The van der Waals surface area contributed by atoms with Gasteiger partial charge < -0.3 is 24.4 Å². The van der Waals surface area contributed by atoms with Crippen LogP contribution in [0.1, 0.15) is 32.9 Å². The van der Waals surface area contributed by atoms with Gasteiger partial charge in [0.2, 0.25) is 0 Å². The fourth-order valence-electron chi connectivity index (χ4n) is 3.81. The van der Waals surface area contributed by atoms with E-state index in [1.165, 1.54) is 5.69 Å². The van der Waals surface area contributed by atoms with Crippen molar-refractivity contribution in [3.8, 4) is 5.75 Å². The Morgan fingerprint density at radius 1 is 1.06 bits per heavy atom. The molecule has 168 valence electrons. The number of amides is 1. The van der Waals surface area contributed by atoms with Crippen molar-refractivity contribution in [3.05, 3.63) is 70.6 Å². The molecule has 0 aliphatic carbocycles. The summed E-state index contributed by atoms with van der Waals surface area (Å²) in [5.74, 6) is 1.31. The molecule has 0 unspecified atom stereocenters. The molecular formula is C25H30N4O3. The highest BCUT2D eigenvalue weighted by molar-refractivity contribution is 6.04. The standard InChI is InChI=1S/C25H30N4O3/c1-17-15-21(29-13-11-28(4)12-14-29)7-10-24(17)26-25(30)20-5-8-22(9-6-20)31-16-23-18(2)27-32-19(23)3/h5-10,15H,11-14,16H2,1-4H3,(H,26,30). The van der Waals surface area contributed by atoms with Crippen LogP contribution in [0, 0.1) is 20.8 Å². The highest BCUT2D eigenvalue weighted by Gasteiger charge is 2.16. The third-order valence-corrected chi connectivity index (χ3v) is 6.01. The third kappa shape index (κ3) is 4.94. The number of carbonyl (C=O) groups excluding carboxylic acids is 1. The van der Waals surface area contributed by atoms with Gasteiger partial charge in [0.1, 0.15) is 18.1 Å². The van der Waals surface area contributed by atoms with Gasteiger partial charge in [0.15, 0.2) is 0 Å². The van der Waals surface area contributed by atoms with E-state index in [1.807, 2.05) is 26.8 Å². The van der Waals surface area contributed by atoms with Crippen LogP contribution in [0.2, 0.25) is 0 Å². The minimum Gasteiger partial charge on any atom is -0.489 e. The molecule has 0 spiro atoms. The molecule has 1 saturated heterocycles. The van der Waals surface area contributed by atoms with E-state index < -0.39 is 0 Å². The Kier molecular flexibility index (Phi) is 6.46. The van der Waals surface area contributed by atoms with Gasteiger partial charge in [-0.1, -0.05) is 5.16 Å². The first-order chi connectivity index (χ1) is 15.4. The zero-order chi connectivity index (χ0) is 22.7. The summed E-state index contributed by atoms with van der Waals surface area (Å²) in [5.41, 5.74) is 5.43. The smallest absolute Gasteiger partial charge is 0.255 e. The quantitative estimate of drug-likeness (QED) is 0.628. The summed E-state index contributed by atoms with van der Waals surface area (Å²) in [6.45, 7) is 10.3. The maximum absolute atomic E-state index is 12.7. The highest BCUT2D eigenvalue weighted by atomic mass is 16.5. The second-order valence-electron chi connectivity index (χ2n) is 8.36. The lowest BCUT2D eigenvalue weighted by atomic mass is 10.1. The van der Waals surface area contributed by atoms with Crippen molar-refractivity contribution in [1.82, 2.24) is 10.1 Å². The Morgan fingerprint density at radius 3 is 2.41 bits per heavy atom. The Labute approximate surface area is 188 Å². The first-order valence-corrected chi connectivity index (χ1v) is 10.9. The number of piperazine rings is 1. The van der Waals surface area contributed by atoms with Crippen LogP contribution in [-0.2, 0) is 6.61 Å². The number of rotatable bonds is 6. The van der Waals surface area contributed by atoms with Crippen molar-refractivity contribution in [2.45, 2.75) is 27.4 Å². The number of ether oxygens (including phenoxy) is 1.